The number of aliphatic carboxylic acids is 1. The molecule has 1 aliphatic heterocycles. The molecule has 0 saturated heterocycles. The van der Waals surface area contributed by atoms with Crippen molar-refractivity contribution in [2.24, 2.45) is 0 Å². The Bertz CT molecular complexity index is 696. The highest BCUT2D eigenvalue weighted by atomic mass is 32.2. The van der Waals surface area contributed by atoms with Crippen LogP contribution in [0.4, 0.5) is 5.69 Å². The highest BCUT2D eigenvalue weighted by Gasteiger charge is 2.47. The molecule has 0 aliphatic carbocycles. The van der Waals surface area contributed by atoms with Gasteiger partial charge >= 0.3 is 5.97 Å². The first-order chi connectivity index (χ1) is 9.20. The number of carbonyl (C=O) groups excluding carboxylic acids is 1. The smallest absolute Gasteiger partial charge is 0.357 e. The van der Waals surface area contributed by atoms with Gasteiger partial charge in [0.15, 0.2) is 9.84 Å². The molecular formula is C12H13NO6S. The molecule has 2 rings (SSSR count). The molecule has 1 aromatic carbocycles. The summed E-state index contributed by atoms with van der Waals surface area (Å²) in [4.78, 5) is 22.9. The van der Waals surface area contributed by atoms with Crippen LogP contribution >= 0.6 is 0 Å². The summed E-state index contributed by atoms with van der Waals surface area (Å²) in [6.45, 7) is 2.63. The number of nitrogens with one attached hydrogen (secondary N) is 1. The van der Waals surface area contributed by atoms with E-state index in [0.717, 1.165) is 6.92 Å². The van der Waals surface area contributed by atoms with E-state index in [1.807, 2.05) is 0 Å². The molecule has 1 atom stereocenters. The van der Waals surface area contributed by atoms with E-state index in [9.17, 15) is 18.0 Å². The lowest BCUT2D eigenvalue weighted by Crippen LogP contribution is -2.54. The van der Waals surface area contributed by atoms with E-state index in [1.165, 1.54) is 25.1 Å². The maximum atomic E-state index is 11.8. The van der Waals surface area contributed by atoms with Crippen molar-refractivity contribution in [3.05, 3.63) is 18.2 Å². The second-order valence-corrected chi connectivity index (χ2v) is 6.73. The van der Waals surface area contributed by atoms with Crippen LogP contribution in [0.3, 0.4) is 0 Å². The molecule has 2 N–H and O–H groups in total. The standard InChI is InChI=1S/C12H13NO6S/c1-3-20(17,18)7-4-5-9-8(6-7)13-10(14)12(2,19-9)11(15)16/h4-6H,3H2,1-2H3,(H,13,14)(H,15,16). The lowest BCUT2D eigenvalue weighted by Gasteiger charge is -2.31. The van der Waals surface area contributed by atoms with Crippen LogP contribution in [-0.4, -0.2) is 36.8 Å². The molecule has 1 aromatic rings. The van der Waals surface area contributed by atoms with E-state index >= 15 is 0 Å². The average molecular weight is 299 g/mol. The van der Waals surface area contributed by atoms with Gasteiger partial charge in [0.05, 0.1) is 16.3 Å². The molecule has 20 heavy (non-hydrogen) atoms. The molecule has 1 aliphatic rings. The topological polar surface area (TPSA) is 110 Å². The van der Waals surface area contributed by atoms with Crippen LogP contribution < -0.4 is 10.1 Å². The predicted molar refractivity (Wildman–Crippen MR) is 69.5 cm³/mol. The van der Waals surface area contributed by atoms with Gasteiger partial charge in [0.25, 0.3) is 11.5 Å². The van der Waals surface area contributed by atoms with Crippen molar-refractivity contribution in [1.82, 2.24) is 0 Å². The fourth-order valence-electron chi connectivity index (χ4n) is 1.70. The van der Waals surface area contributed by atoms with Crippen molar-refractivity contribution in [3.63, 3.8) is 0 Å². The SMILES string of the molecule is CCS(=O)(=O)c1ccc2c(c1)NC(=O)C(C)(C(=O)O)O2. The number of fused-ring (bicyclic) bond motifs is 1. The van der Waals surface area contributed by atoms with Gasteiger partial charge in [-0.3, -0.25) is 4.79 Å². The monoisotopic (exact) mass is 299 g/mol. The van der Waals surface area contributed by atoms with Gasteiger partial charge in [0, 0.05) is 0 Å². The van der Waals surface area contributed by atoms with E-state index in [0.29, 0.717) is 0 Å². The summed E-state index contributed by atoms with van der Waals surface area (Å²) in [7, 11) is -3.42. The Balaban J connectivity index is 2.49. The van der Waals surface area contributed by atoms with Crippen molar-refractivity contribution >= 4 is 27.4 Å². The molecule has 0 spiro atoms. The van der Waals surface area contributed by atoms with Crippen molar-refractivity contribution in [2.45, 2.75) is 24.3 Å². The quantitative estimate of drug-likeness (QED) is 0.793. The van der Waals surface area contributed by atoms with E-state index in [-0.39, 0.29) is 22.1 Å². The summed E-state index contributed by atoms with van der Waals surface area (Å²) in [6.07, 6.45) is 0. The van der Waals surface area contributed by atoms with Gasteiger partial charge < -0.3 is 15.2 Å². The van der Waals surface area contributed by atoms with E-state index in [4.69, 9.17) is 9.84 Å². The molecule has 108 valence electrons. The molecule has 0 bridgehead atoms. The molecule has 1 unspecified atom stereocenters. The molecule has 0 aromatic heterocycles. The van der Waals surface area contributed by atoms with Crippen molar-refractivity contribution < 1.29 is 27.9 Å². The van der Waals surface area contributed by atoms with Crippen molar-refractivity contribution in [1.29, 1.82) is 0 Å². The maximum absolute atomic E-state index is 11.8. The zero-order valence-corrected chi connectivity index (χ0v) is 11.7. The van der Waals surface area contributed by atoms with Gasteiger partial charge in [-0.25, -0.2) is 13.2 Å². The Morgan fingerprint density at radius 2 is 2.10 bits per heavy atom. The Kier molecular flexibility index (Phi) is 3.21. The molecule has 0 saturated carbocycles. The third-order valence-corrected chi connectivity index (χ3v) is 4.83. The molecule has 7 nitrogen and oxygen atoms in total. The fraction of sp³-hybridized carbons (Fsp3) is 0.333. The highest BCUT2D eigenvalue weighted by molar-refractivity contribution is 7.91. The number of hydrogen-bond donors (Lipinski definition) is 2. The molecule has 0 radical (unpaired) electrons. The van der Waals surface area contributed by atoms with Gasteiger partial charge in [0.1, 0.15) is 5.75 Å². The summed E-state index contributed by atoms with van der Waals surface area (Å²) in [5.41, 5.74) is -1.89. The maximum Gasteiger partial charge on any atom is 0.357 e. The first-order valence-electron chi connectivity index (χ1n) is 5.81. The van der Waals surface area contributed by atoms with Crippen LogP contribution in [0.15, 0.2) is 23.1 Å². The lowest BCUT2D eigenvalue weighted by atomic mass is 10.0. The minimum Gasteiger partial charge on any atom is -0.478 e. The van der Waals surface area contributed by atoms with Crippen LogP contribution in [-0.2, 0) is 19.4 Å². The number of sulfone groups is 1. The molecule has 1 amide bonds. The Labute approximate surface area is 115 Å². The zero-order chi connectivity index (χ0) is 15.1. The summed E-state index contributed by atoms with van der Waals surface area (Å²) < 4.78 is 28.7. The molecular weight excluding hydrogens is 286 g/mol. The number of amides is 1. The molecule has 8 heteroatoms. The second-order valence-electron chi connectivity index (χ2n) is 4.46. The summed E-state index contributed by atoms with van der Waals surface area (Å²) in [5, 5.41) is 11.4. The number of carbonyl (C=O) groups is 2. The molecule has 1 heterocycles. The summed E-state index contributed by atoms with van der Waals surface area (Å²) in [6, 6.07) is 3.91. The Hall–Kier alpha value is -2.09. The summed E-state index contributed by atoms with van der Waals surface area (Å²) in [5.74, 6) is -2.24. The zero-order valence-electron chi connectivity index (χ0n) is 10.8. The predicted octanol–water partition coefficient (Wildman–Crippen LogP) is 0.654. The van der Waals surface area contributed by atoms with Gasteiger partial charge in [-0.2, -0.15) is 0 Å². The van der Waals surface area contributed by atoms with Crippen LogP contribution in [0.2, 0.25) is 0 Å². The van der Waals surface area contributed by atoms with E-state index < -0.39 is 27.3 Å². The van der Waals surface area contributed by atoms with Crippen LogP contribution in [0.5, 0.6) is 5.75 Å². The Morgan fingerprint density at radius 1 is 1.45 bits per heavy atom. The fourth-order valence-corrected chi connectivity index (χ4v) is 2.61. The highest BCUT2D eigenvalue weighted by Crippen LogP contribution is 2.35. The van der Waals surface area contributed by atoms with E-state index in [1.54, 1.807) is 0 Å². The number of benzene rings is 1. The third kappa shape index (κ3) is 2.11. The number of anilines is 1. The van der Waals surface area contributed by atoms with Gasteiger partial charge in [-0.05, 0) is 25.1 Å². The number of rotatable bonds is 3. The Morgan fingerprint density at radius 3 is 2.65 bits per heavy atom. The summed E-state index contributed by atoms with van der Waals surface area (Å²) >= 11 is 0. The van der Waals surface area contributed by atoms with Crippen molar-refractivity contribution in [3.8, 4) is 5.75 Å². The number of ether oxygens (including phenoxy) is 1. The van der Waals surface area contributed by atoms with Crippen LogP contribution in [0.1, 0.15) is 13.8 Å². The van der Waals surface area contributed by atoms with Gasteiger partial charge in [-0.1, -0.05) is 6.92 Å². The second kappa shape index (κ2) is 4.48. The normalized spacial score (nSPS) is 21.6. The molecule has 0 fully saturated rings. The number of carboxylic acids is 1. The largest absolute Gasteiger partial charge is 0.478 e. The minimum absolute atomic E-state index is 0.0431. The number of carboxylic acid groups (broad SMARTS) is 1. The lowest BCUT2D eigenvalue weighted by molar-refractivity contribution is -0.159. The van der Waals surface area contributed by atoms with Crippen LogP contribution in [0, 0.1) is 0 Å². The van der Waals surface area contributed by atoms with E-state index in [2.05, 4.69) is 5.32 Å². The van der Waals surface area contributed by atoms with Gasteiger partial charge in [-0.15, -0.1) is 0 Å². The first kappa shape index (κ1) is 14.3. The van der Waals surface area contributed by atoms with Crippen molar-refractivity contribution in [2.75, 3.05) is 11.1 Å². The minimum atomic E-state index is -3.42. The third-order valence-electron chi connectivity index (χ3n) is 3.09. The number of hydrogen-bond acceptors (Lipinski definition) is 5. The van der Waals surface area contributed by atoms with Gasteiger partial charge in [0.2, 0.25) is 0 Å². The van der Waals surface area contributed by atoms with Crippen LogP contribution in [0.25, 0.3) is 0 Å². The first-order valence-corrected chi connectivity index (χ1v) is 7.46. The average Bonchev–Trinajstić information content (AvgIpc) is 2.39.